The molecule has 0 aromatic heterocycles. The molecule has 1 aliphatic rings. The van der Waals surface area contributed by atoms with Crippen LogP contribution in [0.25, 0.3) is 0 Å². The fraction of sp³-hybridized carbons (Fsp3) is 0.900. The van der Waals surface area contributed by atoms with E-state index in [4.69, 9.17) is 5.11 Å². The molecule has 4 heteroatoms. The minimum Gasteiger partial charge on any atom is -0.394 e. The third-order valence-corrected chi connectivity index (χ3v) is 3.40. The highest BCUT2D eigenvalue weighted by Gasteiger charge is 2.51. The van der Waals surface area contributed by atoms with Gasteiger partial charge < -0.3 is 10.0 Å². The lowest BCUT2D eigenvalue weighted by Crippen LogP contribution is -2.57. The first kappa shape index (κ1) is 11.5. The maximum Gasteiger partial charge on any atom is 0.243 e. The summed E-state index contributed by atoms with van der Waals surface area (Å²) in [7, 11) is 1.77. The topological polar surface area (TPSA) is 52.6 Å². The van der Waals surface area contributed by atoms with Crippen LogP contribution in [-0.4, -0.2) is 41.3 Å². The lowest BCUT2D eigenvalue weighted by atomic mass is 9.81. The Labute approximate surface area is 85.3 Å². The van der Waals surface area contributed by atoms with Crippen LogP contribution >= 0.6 is 0 Å². The SMILES string of the molecule is CN1C(=O)[C@@H](CO)N[C@@]1(C)C(C)(C)C. The molecule has 14 heavy (non-hydrogen) atoms. The van der Waals surface area contributed by atoms with Crippen molar-refractivity contribution in [1.82, 2.24) is 10.2 Å². The number of amides is 1. The minimum absolute atomic E-state index is 0.0371. The third-order valence-electron chi connectivity index (χ3n) is 3.40. The van der Waals surface area contributed by atoms with Crippen molar-refractivity contribution in [2.45, 2.75) is 39.4 Å². The number of carbonyl (C=O) groups is 1. The second-order valence-corrected chi connectivity index (χ2v) is 5.10. The standard InChI is InChI=1S/C10H20N2O2/c1-9(2,3)10(4)11-7(6-13)8(14)12(10)5/h7,11,13H,6H2,1-5H3/t7-,10-/m1/s1. The fourth-order valence-electron chi connectivity index (χ4n) is 1.80. The number of aliphatic hydroxyl groups excluding tert-OH is 1. The van der Waals surface area contributed by atoms with E-state index < -0.39 is 11.7 Å². The number of rotatable bonds is 1. The fourth-order valence-corrected chi connectivity index (χ4v) is 1.80. The number of hydrogen-bond acceptors (Lipinski definition) is 3. The number of hydrogen-bond donors (Lipinski definition) is 2. The first-order valence-electron chi connectivity index (χ1n) is 4.90. The van der Waals surface area contributed by atoms with Crippen molar-refractivity contribution in [3.63, 3.8) is 0 Å². The number of carbonyl (C=O) groups excluding carboxylic acids is 1. The van der Waals surface area contributed by atoms with Crippen LogP contribution in [0.15, 0.2) is 0 Å². The highest BCUT2D eigenvalue weighted by molar-refractivity contribution is 5.85. The molecule has 0 aromatic rings. The minimum atomic E-state index is -0.454. The van der Waals surface area contributed by atoms with Gasteiger partial charge in [-0.25, -0.2) is 0 Å². The second-order valence-electron chi connectivity index (χ2n) is 5.10. The number of likely N-dealkylation sites (N-methyl/N-ethyl adjacent to an activating group) is 1. The van der Waals surface area contributed by atoms with Crippen molar-refractivity contribution >= 4 is 5.91 Å². The summed E-state index contributed by atoms with van der Waals surface area (Å²) in [5, 5.41) is 12.2. The molecule has 1 saturated heterocycles. The summed E-state index contributed by atoms with van der Waals surface area (Å²) in [6, 6.07) is -0.454. The molecule has 1 heterocycles. The highest BCUT2D eigenvalue weighted by Crippen LogP contribution is 2.36. The van der Waals surface area contributed by atoms with Crippen LogP contribution in [0.2, 0.25) is 0 Å². The normalized spacial score (nSPS) is 34.0. The Hall–Kier alpha value is -0.610. The molecule has 0 aromatic carbocycles. The van der Waals surface area contributed by atoms with E-state index in [1.807, 2.05) is 6.92 Å². The predicted molar refractivity (Wildman–Crippen MR) is 54.6 cm³/mol. The monoisotopic (exact) mass is 200 g/mol. The Morgan fingerprint density at radius 2 is 2.07 bits per heavy atom. The summed E-state index contributed by atoms with van der Waals surface area (Å²) < 4.78 is 0. The zero-order valence-corrected chi connectivity index (χ0v) is 9.59. The maximum absolute atomic E-state index is 11.7. The molecule has 1 amide bonds. The second kappa shape index (κ2) is 3.21. The smallest absolute Gasteiger partial charge is 0.243 e. The predicted octanol–water partition coefficient (Wildman–Crippen LogP) is 0.171. The Bertz CT molecular complexity index is 247. The quantitative estimate of drug-likeness (QED) is 0.634. The summed E-state index contributed by atoms with van der Waals surface area (Å²) in [5.74, 6) is -0.0371. The summed E-state index contributed by atoms with van der Waals surface area (Å²) in [4.78, 5) is 13.4. The van der Waals surface area contributed by atoms with Crippen molar-refractivity contribution in [1.29, 1.82) is 0 Å². The average molecular weight is 200 g/mol. The molecule has 82 valence electrons. The average Bonchev–Trinajstić information content (AvgIpc) is 2.29. The molecule has 0 saturated carbocycles. The Kier molecular flexibility index (Phi) is 2.63. The van der Waals surface area contributed by atoms with E-state index in [1.165, 1.54) is 0 Å². The molecule has 1 fully saturated rings. The van der Waals surface area contributed by atoms with Gasteiger partial charge in [-0.2, -0.15) is 0 Å². The number of aliphatic hydroxyl groups is 1. The summed E-state index contributed by atoms with van der Waals surface area (Å²) >= 11 is 0. The molecule has 0 unspecified atom stereocenters. The van der Waals surface area contributed by atoms with Gasteiger partial charge in [0.25, 0.3) is 0 Å². The van der Waals surface area contributed by atoms with E-state index in [0.717, 1.165) is 0 Å². The van der Waals surface area contributed by atoms with Gasteiger partial charge in [0.05, 0.1) is 12.3 Å². The van der Waals surface area contributed by atoms with Crippen LogP contribution in [0, 0.1) is 5.41 Å². The van der Waals surface area contributed by atoms with Gasteiger partial charge in [-0.05, 0) is 12.3 Å². The van der Waals surface area contributed by atoms with Crippen molar-refractivity contribution in [3.8, 4) is 0 Å². The summed E-state index contributed by atoms with van der Waals surface area (Å²) in [6.45, 7) is 8.06. The van der Waals surface area contributed by atoms with E-state index in [9.17, 15) is 4.79 Å². The molecule has 1 aliphatic heterocycles. The molecule has 0 aliphatic carbocycles. The highest BCUT2D eigenvalue weighted by atomic mass is 16.3. The van der Waals surface area contributed by atoms with E-state index in [-0.39, 0.29) is 17.9 Å². The Balaban J connectivity index is 2.99. The van der Waals surface area contributed by atoms with Crippen molar-refractivity contribution < 1.29 is 9.90 Å². The van der Waals surface area contributed by atoms with E-state index in [2.05, 4.69) is 26.1 Å². The van der Waals surface area contributed by atoms with Gasteiger partial charge in [0.1, 0.15) is 6.04 Å². The molecule has 0 spiro atoms. The van der Waals surface area contributed by atoms with E-state index >= 15 is 0 Å². The van der Waals surface area contributed by atoms with E-state index in [0.29, 0.717) is 0 Å². The molecule has 1 rings (SSSR count). The van der Waals surface area contributed by atoms with Gasteiger partial charge in [0.2, 0.25) is 5.91 Å². The van der Waals surface area contributed by atoms with Gasteiger partial charge >= 0.3 is 0 Å². The Morgan fingerprint density at radius 1 is 1.57 bits per heavy atom. The number of nitrogens with one attached hydrogen (secondary N) is 1. The lowest BCUT2D eigenvalue weighted by molar-refractivity contribution is -0.133. The van der Waals surface area contributed by atoms with Crippen LogP contribution < -0.4 is 5.32 Å². The maximum atomic E-state index is 11.7. The van der Waals surface area contributed by atoms with Crippen LogP contribution in [0.4, 0.5) is 0 Å². The zero-order valence-electron chi connectivity index (χ0n) is 9.59. The lowest BCUT2D eigenvalue weighted by Gasteiger charge is -2.43. The Morgan fingerprint density at radius 3 is 2.29 bits per heavy atom. The zero-order chi connectivity index (χ0) is 11.1. The van der Waals surface area contributed by atoms with Crippen LogP contribution in [0.5, 0.6) is 0 Å². The van der Waals surface area contributed by atoms with Crippen molar-refractivity contribution in [2.24, 2.45) is 5.41 Å². The molecular weight excluding hydrogens is 180 g/mol. The molecule has 2 N–H and O–H groups in total. The van der Waals surface area contributed by atoms with Gasteiger partial charge in [-0.1, -0.05) is 20.8 Å². The van der Waals surface area contributed by atoms with Crippen LogP contribution in [-0.2, 0) is 4.79 Å². The first-order chi connectivity index (χ1) is 6.24. The van der Waals surface area contributed by atoms with Gasteiger partial charge in [-0.15, -0.1) is 0 Å². The van der Waals surface area contributed by atoms with Crippen LogP contribution in [0.3, 0.4) is 0 Å². The van der Waals surface area contributed by atoms with Gasteiger partial charge in [0.15, 0.2) is 0 Å². The third kappa shape index (κ3) is 1.42. The van der Waals surface area contributed by atoms with Crippen molar-refractivity contribution in [2.75, 3.05) is 13.7 Å². The van der Waals surface area contributed by atoms with Crippen LogP contribution in [0.1, 0.15) is 27.7 Å². The van der Waals surface area contributed by atoms with Gasteiger partial charge in [-0.3, -0.25) is 10.1 Å². The molecule has 0 bridgehead atoms. The largest absolute Gasteiger partial charge is 0.394 e. The molecule has 2 atom stereocenters. The van der Waals surface area contributed by atoms with E-state index in [1.54, 1.807) is 11.9 Å². The first-order valence-corrected chi connectivity index (χ1v) is 4.90. The number of nitrogens with zero attached hydrogens (tertiary/aromatic N) is 1. The van der Waals surface area contributed by atoms with Crippen molar-refractivity contribution in [3.05, 3.63) is 0 Å². The summed E-state index contributed by atoms with van der Waals surface area (Å²) in [6.07, 6.45) is 0. The molecular formula is C10H20N2O2. The summed E-state index contributed by atoms with van der Waals surface area (Å²) in [5.41, 5.74) is -0.460. The molecule has 4 nitrogen and oxygen atoms in total. The molecule has 0 radical (unpaired) electrons. The van der Waals surface area contributed by atoms with Gasteiger partial charge in [0, 0.05) is 7.05 Å².